The Labute approximate surface area is 72.4 Å². The van der Waals surface area contributed by atoms with Crippen molar-refractivity contribution in [1.29, 1.82) is 0 Å². The van der Waals surface area contributed by atoms with E-state index in [-0.39, 0.29) is 12.3 Å². The highest BCUT2D eigenvalue weighted by Crippen LogP contribution is 1.93. The number of rotatable bonds is 6. The van der Waals surface area contributed by atoms with Crippen LogP contribution in [0.15, 0.2) is 0 Å². The predicted molar refractivity (Wildman–Crippen MR) is 46.3 cm³/mol. The molecule has 0 amide bonds. The third-order valence-corrected chi connectivity index (χ3v) is 1.39. The summed E-state index contributed by atoms with van der Waals surface area (Å²) in [5.41, 5.74) is 10.8. The van der Waals surface area contributed by atoms with Gasteiger partial charge in [0.2, 0.25) is 0 Å². The van der Waals surface area contributed by atoms with Crippen LogP contribution >= 0.6 is 0 Å². The molecule has 5 N–H and O–H groups in total. The number of hydrogen-bond donors (Lipinski definition) is 3. The molecule has 0 rings (SSSR count). The number of hydrogen-bond acceptors (Lipinski definition) is 5. The molecule has 0 fully saturated rings. The number of nitrogens with one attached hydrogen (secondary N) is 1. The molecule has 0 aromatic carbocycles. The highest BCUT2D eigenvalue weighted by atomic mass is 16.5. The summed E-state index contributed by atoms with van der Waals surface area (Å²) >= 11 is 0. The van der Waals surface area contributed by atoms with Crippen LogP contribution in [0.4, 0.5) is 0 Å². The molecular formula is C7H17N3O2. The molecule has 0 aliphatic carbocycles. The summed E-state index contributed by atoms with van der Waals surface area (Å²) in [5.74, 6) is -0.193. The van der Waals surface area contributed by atoms with Crippen molar-refractivity contribution >= 4 is 5.78 Å². The SMILES string of the molecule is CCC(N)OC(N)C(=O)CNC. The molecule has 0 heterocycles. The molecule has 0 spiro atoms. The normalized spacial score (nSPS) is 15.7. The Morgan fingerprint density at radius 2 is 2.17 bits per heavy atom. The molecule has 2 unspecified atom stereocenters. The summed E-state index contributed by atoms with van der Waals surface area (Å²) in [4.78, 5) is 11.0. The number of carbonyl (C=O) groups is 1. The number of nitrogens with two attached hydrogens (primary N) is 2. The number of ether oxygens (including phenoxy) is 1. The molecule has 0 radical (unpaired) electrons. The summed E-state index contributed by atoms with van der Waals surface area (Å²) in [6, 6.07) is 0. The number of Topliss-reactive ketones (excluding diaryl/α,β-unsaturated/α-hetero) is 1. The Bertz CT molecular complexity index is 141. The maximum atomic E-state index is 11.0. The molecule has 0 saturated carbocycles. The standard InChI is InChI=1S/C7H17N3O2/c1-3-6(8)12-7(9)5(11)4-10-2/h6-7,10H,3-4,8-9H2,1-2H3. The maximum absolute atomic E-state index is 11.0. The van der Waals surface area contributed by atoms with Crippen LogP contribution in [0.2, 0.25) is 0 Å². The van der Waals surface area contributed by atoms with Crippen LogP contribution in [0.1, 0.15) is 13.3 Å². The van der Waals surface area contributed by atoms with E-state index in [1.807, 2.05) is 6.92 Å². The molecule has 0 bridgehead atoms. The molecule has 0 saturated heterocycles. The average molecular weight is 175 g/mol. The number of ketones is 1. The zero-order valence-corrected chi connectivity index (χ0v) is 7.54. The van der Waals surface area contributed by atoms with Crippen molar-refractivity contribution in [2.24, 2.45) is 11.5 Å². The first-order chi connectivity index (χ1) is 5.61. The number of carbonyl (C=O) groups excluding carboxylic acids is 1. The quantitative estimate of drug-likeness (QED) is 0.440. The Morgan fingerprint density at radius 1 is 1.58 bits per heavy atom. The van der Waals surface area contributed by atoms with Crippen LogP contribution < -0.4 is 16.8 Å². The van der Waals surface area contributed by atoms with E-state index in [0.717, 1.165) is 0 Å². The monoisotopic (exact) mass is 175 g/mol. The second-order valence-electron chi connectivity index (χ2n) is 2.50. The fourth-order valence-corrected chi connectivity index (χ4v) is 0.635. The van der Waals surface area contributed by atoms with E-state index in [9.17, 15) is 4.79 Å². The summed E-state index contributed by atoms with van der Waals surface area (Å²) in [6.45, 7) is 2.07. The fourth-order valence-electron chi connectivity index (χ4n) is 0.635. The molecule has 2 atom stereocenters. The van der Waals surface area contributed by atoms with Gasteiger partial charge >= 0.3 is 0 Å². The lowest BCUT2D eigenvalue weighted by Crippen LogP contribution is -2.43. The Kier molecular flexibility index (Phi) is 5.83. The molecule has 0 aliphatic heterocycles. The van der Waals surface area contributed by atoms with Gasteiger partial charge in [0.1, 0.15) is 6.23 Å². The van der Waals surface area contributed by atoms with Crippen molar-refractivity contribution in [3.63, 3.8) is 0 Å². The largest absolute Gasteiger partial charge is 0.338 e. The van der Waals surface area contributed by atoms with Crippen LogP contribution in [0.3, 0.4) is 0 Å². The van der Waals surface area contributed by atoms with Gasteiger partial charge in [0.25, 0.3) is 0 Å². The Morgan fingerprint density at radius 3 is 2.58 bits per heavy atom. The molecule has 72 valence electrons. The van der Waals surface area contributed by atoms with Crippen molar-refractivity contribution in [3.05, 3.63) is 0 Å². The summed E-state index contributed by atoms with van der Waals surface area (Å²) in [7, 11) is 1.67. The lowest BCUT2D eigenvalue weighted by molar-refractivity contribution is -0.133. The second-order valence-corrected chi connectivity index (χ2v) is 2.50. The van der Waals surface area contributed by atoms with Gasteiger partial charge in [0, 0.05) is 0 Å². The van der Waals surface area contributed by atoms with Crippen LogP contribution in [-0.2, 0) is 9.53 Å². The minimum absolute atomic E-state index is 0.193. The minimum Gasteiger partial charge on any atom is -0.338 e. The third kappa shape index (κ3) is 4.40. The van der Waals surface area contributed by atoms with Gasteiger partial charge in [-0.05, 0) is 13.5 Å². The third-order valence-electron chi connectivity index (χ3n) is 1.39. The van der Waals surface area contributed by atoms with Crippen LogP contribution in [0, 0.1) is 0 Å². The van der Waals surface area contributed by atoms with Gasteiger partial charge in [0.15, 0.2) is 12.0 Å². The van der Waals surface area contributed by atoms with Crippen LogP contribution in [0.5, 0.6) is 0 Å². The fraction of sp³-hybridized carbons (Fsp3) is 0.857. The van der Waals surface area contributed by atoms with Crippen molar-refractivity contribution < 1.29 is 9.53 Å². The summed E-state index contributed by atoms with van der Waals surface area (Å²) < 4.78 is 4.98. The first kappa shape index (κ1) is 11.5. The van der Waals surface area contributed by atoms with Gasteiger partial charge in [-0.1, -0.05) is 6.92 Å². The molecular weight excluding hydrogens is 158 g/mol. The van der Waals surface area contributed by atoms with Gasteiger partial charge in [-0.2, -0.15) is 0 Å². The number of likely N-dealkylation sites (N-methyl/N-ethyl adjacent to an activating group) is 1. The van der Waals surface area contributed by atoms with E-state index < -0.39 is 12.5 Å². The van der Waals surface area contributed by atoms with Crippen molar-refractivity contribution in [3.8, 4) is 0 Å². The molecule has 5 nitrogen and oxygen atoms in total. The minimum atomic E-state index is -0.910. The van der Waals surface area contributed by atoms with Gasteiger partial charge in [-0.25, -0.2) is 0 Å². The zero-order valence-electron chi connectivity index (χ0n) is 7.54. The average Bonchev–Trinajstić information content (AvgIpc) is 2.04. The van der Waals surface area contributed by atoms with E-state index in [2.05, 4.69) is 5.32 Å². The maximum Gasteiger partial charge on any atom is 0.189 e. The highest BCUT2D eigenvalue weighted by Gasteiger charge is 2.15. The highest BCUT2D eigenvalue weighted by molar-refractivity contribution is 5.84. The van der Waals surface area contributed by atoms with E-state index >= 15 is 0 Å². The molecule has 0 aromatic heterocycles. The summed E-state index contributed by atoms with van der Waals surface area (Å²) in [6.07, 6.45) is -0.728. The predicted octanol–water partition coefficient (Wildman–Crippen LogP) is -1.23. The van der Waals surface area contributed by atoms with Crippen molar-refractivity contribution in [1.82, 2.24) is 5.32 Å². The zero-order chi connectivity index (χ0) is 9.56. The Balaban J connectivity index is 3.70. The molecule has 5 heteroatoms. The molecule has 0 aromatic rings. The van der Waals surface area contributed by atoms with E-state index in [0.29, 0.717) is 6.42 Å². The van der Waals surface area contributed by atoms with Gasteiger partial charge in [-0.3, -0.25) is 10.5 Å². The van der Waals surface area contributed by atoms with Crippen molar-refractivity contribution in [2.45, 2.75) is 25.8 Å². The van der Waals surface area contributed by atoms with Crippen molar-refractivity contribution in [2.75, 3.05) is 13.6 Å². The van der Waals surface area contributed by atoms with Gasteiger partial charge in [0.05, 0.1) is 6.54 Å². The van der Waals surface area contributed by atoms with E-state index in [1.165, 1.54) is 0 Å². The summed E-state index contributed by atoms with van der Waals surface area (Å²) in [5, 5.41) is 2.69. The van der Waals surface area contributed by atoms with E-state index in [1.54, 1.807) is 7.05 Å². The smallest absolute Gasteiger partial charge is 0.189 e. The van der Waals surface area contributed by atoms with Crippen LogP contribution in [-0.4, -0.2) is 31.8 Å². The topological polar surface area (TPSA) is 90.4 Å². The lowest BCUT2D eigenvalue weighted by atomic mass is 10.3. The van der Waals surface area contributed by atoms with Crippen LogP contribution in [0.25, 0.3) is 0 Å². The van der Waals surface area contributed by atoms with E-state index in [4.69, 9.17) is 16.2 Å². The first-order valence-corrected chi connectivity index (χ1v) is 3.95. The van der Waals surface area contributed by atoms with Gasteiger partial charge in [-0.15, -0.1) is 0 Å². The first-order valence-electron chi connectivity index (χ1n) is 3.95. The molecule has 0 aliphatic rings. The molecule has 12 heavy (non-hydrogen) atoms. The second kappa shape index (κ2) is 6.07. The Hall–Kier alpha value is -0.490. The van der Waals surface area contributed by atoms with Gasteiger partial charge < -0.3 is 15.8 Å². The lowest BCUT2D eigenvalue weighted by Gasteiger charge is -2.16.